The van der Waals surface area contributed by atoms with Crippen LogP contribution >= 0.6 is 23.2 Å². The molecule has 0 heterocycles. The van der Waals surface area contributed by atoms with Gasteiger partial charge in [-0.15, -0.1) is 10.1 Å². The van der Waals surface area contributed by atoms with Crippen LogP contribution in [0, 0.1) is 10.1 Å². The lowest BCUT2D eigenvalue weighted by Crippen LogP contribution is -2.01. The molecule has 0 saturated heterocycles. The van der Waals surface area contributed by atoms with Gasteiger partial charge in [0, 0.05) is 11.1 Å². The molecule has 2 aromatic carbocycles. The molecular weight excluding hydrogens is 305 g/mol. The van der Waals surface area contributed by atoms with Crippen molar-refractivity contribution in [3.63, 3.8) is 0 Å². The number of rotatable bonds is 2. The highest BCUT2D eigenvalue weighted by atomic mass is 35.5. The number of benzene rings is 2. The van der Waals surface area contributed by atoms with Crippen LogP contribution < -0.4 is 0 Å². The molecule has 0 aliphatic carbocycles. The lowest BCUT2D eigenvalue weighted by molar-refractivity contribution is -0.742. The van der Waals surface area contributed by atoms with Crippen molar-refractivity contribution in [1.29, 1.82) is 0 Å². The minimum atomic E-state index is -1.50. The van der Waals surface area contributed by atoms with Gasteiger partial charge in [-0.05, 0) is 12.1 Å². The first-order valence-corrected chi connectivity index (χ1v) is 6.06. The van der Waals surface area contributed by atoms with Gasteiger partial charge >= 0.3 is 0 Å². The van der Waals surface area contributed by atoms with E-state index in [9.17, 15) is 4.79 Å². The van der Waals surface area contributed by atoms with Crippen molar-refractivity contribution in [2.45, 2.75) is 0 Å². The van der Waals surface area contributed by atoms with E-state index in [-0.39, 0.29) is 5.78 Å². The Bertz CT molecular complexity index is 613. The zero-order valence-electron chi connectivity index (χ0n) is 9.99. The van der Waals surface area contributed by atoms with Gasteiger partial charge in [0.15, 0.2) is 5.78 Å². The Morgan fingerprint density at radius 1 is 1.05 bits per heavy atom. The summed E-state index contributed by atoms with van der Waals surface area (Å²) in [6, 6.07) is 14.0. The predicted octanol–water partition coefficient (Wildman–Crippen LogP) is 3.88. The van der Waals surface area contributed by atoms with Crippen LogP contribution in [-0.4, -0.2) is 16.1 Å². The summed E-state index contributed by atoms with van der Waals surface area (Å²) >= 11 is 11.8. The fourth-order valence-corrected chi connectivity index (χ4v) is 1.81. The van der Waals surface area contributed by atoms with Gasteiger partial charge in [0.1, 0.15) is 0 Å². The van der Waals surface area contributed by atoms with Crippen molar-refractivity contribution in [1.82, 2.24) is 0 Å². The van der Waals surface area contributed by atoms with Crippen LogP contribution in [0.25, 0.3) is 0 Å². The molecule has 2 aromatic rings. The molecule has 0 bridgehead atoms. The second-order valence-electron chi connectivity index (χ2n) is 3.53. The number of hydrogen-bond donors (Lipinski definition) is 1. The summed E-state index contributed by atoms with van der Waals surface area (Å²) < 4.78 is 0. The van der Waals surface area contributed by atoms with E-state index < -0.39 is 5.09 Å². The van der Waals surface area contributed by atoms with E-state index in [0.717, 1.165) is 0 Å². The van der Waals surface area contributed by atoms with Crippen LogP contribution in [0.2, 0.25) is 10.0 Å². The van der Waals surface area contributed by atoms with E-state index in [0.29, 0.717) is 21.2 Å². The molecule has 0 amide bonds. The Labute approximate surface area is 124 Å². The molecule has 0 spiro atoms. The third-order valence-corrected chi connectivity index (χ3v) is 3.05. The normalized spacial score (nSPS) is 9.30. The van der Waals surface area contributed by atoms with Gasteiger partial charge in [-0.2, -0.15) is 0 Å². The zero-order valence-corrected chi connectivity index (χ0v) is 11.5. The lowest BCUT2D eigenvalue weighted by atomic mass is 10.0. The van der Waals surface area contributed by atoms with Gasteiger partial charge in [-0.1, -0.05) is 59.6 Å². The maximum absolute atomic E-state index is 12.1. The molecule has 7 heteroatoms. The average Bonchev–Trinajstić information content (AvgIpc) is 2.41. The summed E-state index contributed by atoms with van der Waals surface area (Å²) in [6.07, 6.45) is 0. The highest BCUT2D eigenvalue weighted by Crippen LogP contribution is 2.27. The topological polar surface area (TPSA) is 80.4 Å². The molecule has 104 valence electrons. The van der Waals surface area contributed by atoms with Crippen LogP contribution in [0.5, 0.6) is 0 Å². The van der Waals surface area contributed by atoms with Crippen molar-refractivity contribution >= 4 is 29.0 Å². The quantitative estimate of drug-likeness (QED) is 0.518. The smallest absolute Gasteiger partial charge is 0.291 e. The molecule has 0 radical (unpaired) electrons. The highest BCUT2D eigenvalue weighted by molar-refractivity contribution is 6.44. The summed E-state index contributed by atoms with van der Waals surface area (Å²) in [7, 11) is 0. The maximum Gasteiger partial charge on any atom is 0.291 e. The monoisotopic (exact) mass is 313 g/mol. The van der Waals surface area contributed by atoms with Crippen molar-refractivity contribution in [3.05, 3.63) is 79.8 Å². The summed E-state index contributed by atoms with van der Waals surface area (Å²) in [6.45, 7) is 0. The minimum Gasteiger partial charge on any atom is -0.328 e. The Kier molecular flexibility index (Phi) is 5.96. The van der Waals surface area contributed by atoms with E-state index in [1.165, 1.54) is 0 Å². The second kappa shape index (κ2) is 7.47. The number of nitrogens with zero attached hydrogens (tertiary/aromatic N) is 1. The van der Waals surface area contributed by atoms with Crippen LogP contribution in [0.4, 0.5) is 0 Å². The maximum atomic E-state index is 12.1. The molecular formula is C13H9Cl2NO4. The fraction of sp³-hybridized carbons (Fsp3) is 0. The first-order valence-electron chi connectivity index (χ1n) is 5.30. The largest absolute Gasteiger partial charge is 0.328 e. The molecule has 0 aliphatic rings. The van der Waals surface area contributed by atoms with Gasteiger partial charge in [0.25, 0.3) is 5.09 Å². The first kappa shape index (κ1) is 15.9. The molecule has 0 unspecified atom stereocenters. The Balaban J connectivity index is 0.000000444. The molecule has 0 fully saturated rings. The van der Waals surface area contributed by atoms with E-state index in [4.69, 9.17) is 38.5 Å². The van der Waals surface area contributed by atoms with E-state index in [1.54, 1.807) is 30.3 Å². The van der Waals surface area contributed by atoms with Gasteiger partial charge in [-0.25, -0.2) is 0 Å². The Morgan fingerprint density at radius 2 is 1.60 bits per heavy atom. The molecule has 2 rings (SSSR count). The first-order chi connectivity index (χ1) is 9.43. The number of hydrogen-bond acceptors (Lipinski definition) is 3. The third kappa shape index (κ3) is 4.53. The molecule has 20 heavy (non-hydrogen) atoms. The number of carbonyl (C=O) groups is 1. The van der Waals surface area contributed by atoms with Crippen molar-refractivity contribution < 1.29 is 15.1 Å². The number of ketones is 1. The van der Waals surface area contributed by atoms with Crippen LogP contribution in [0.1, 0.15) is 15.9 Å². The predicted molar refractivity (Wildman–Crippen MR) is 75.1 cm³/mol. The van der Waals surface area contributed by atoms with E-state index >= 15 is 0 Å². The third-order valence-electron chi connectivity index (χ3n) is 2.23. The molecule has 0 saturated carbocycles. The molecule has 0 aromatic heterocycles. The molecule has 0 aliphatic heterocycles. The number of halogens is 2. The Morgan fingerprint density at radius 3 is 2.15 bits per heavy atom. The highest BCUT2D eigenvalue weighted by Gasteiger charge is 2.13. The lowest BCUT2D eigenvalue weighted by Gasteiger charge is -2.04. The van der Waals surface area contributed by atoms with Gasteiger partial charge in [-0.3, -0.25) is 4.79 Å². The average molecular weight is 314 g/mol. The van der Waals surface area contributed by atoms with E-state index in [1.807, 2.05) is 18.2 Å². The van der Waals surface area contributed by atoms with E-state index in [2.05, 4.69) is 0 Å². The van der Waals surface area contributed by atoms with Crippen molar-refractivity contribution in [2.75, 3.05) is 0 Å². The fourth-order valence-electron chi connectivity index (χ4n) is 1.42. The molecule has 5 nitrogen and oxygen atoms in total. The minimum absolute atomic E-state index is 0.117. The summed E-state index contributed by atoms with van der Waals surface area (Å²) in [5.41, 5.74) is 1.03. The second-order valence-corrected chi connectivity index (χ2v) is 4.32. The SMILES string of the molecule is O=C(c1ccccc1)c1cccc(Cl)c1Cl.O=[N+]([O-])O. The molecule has 0 atom stereocenters. The van der Waals surface area contributed by atoms with Crippen molar-refractivity contribution in [3.8, 4) is 0 Å². The summed E-state index contributed by atoms with van der Waals surface area (Å²) in [5, 5.41) is 14.3. The van der Waals surface area contributed by atoms with Crippen LogP contribution in [-0.2, 0) is 0 Å². The summed E-state index contributed by atoms with van der Waals surface area (Å²) in [5.74, 6) is -0.117. The van der Waals surface area contributed by atoms with Gasteiger partial charge in [0.2, 0.25) is 0 Å². The standard InChI is InChI=1S/C13H8Cl2O.HNO3/c14-11-8-4-7-10(12(11)15)13(16)9-5-2-1-3-6-9;2-1(3)4/h1-8H;(H,2,3,4). The number of carbonyl (C=O) groups excluding carboxylic acids is 1. The summed E-state index contributed by atoms with van der Waals surface area (Å²) in [4.78, 5) is 20.4. The Hall–Kier alpha value is -2.11. The van der Waals surface area contributed by atoms with Gasteiger partial charge < -0.3 is 5.21 Å². The molecule has 1 N–H and O–H groups in total. The van der Waals surface area contributed by atoms with Crippen molar-refractivity contribution in [2.24, 2.45) is 0 Å². The van der Waals surface area contributed by atoms with Crippen LogP contribution in [0.15, 0.2) is 48.5 Å². The zero-order chi connectivity index (χ0) is 15.1. The van der Waals surface area contributed by atoms with Crippen LogP contribution in [0.3, 0.4) is 0 Å². The van der Waals surface area contributed by atoms with Gasteiger partial charge in [0.05, 0.1) is 10.0 Å².